The van der Waals surface area contributed by atoms with E-state index >= 15 is 0 Å². The maximum absolute atomic E-state index is 6.07. The molecule has 2 N–H and O–H groups in total. The van der Waals surface area contributed by atoms with Gasteiger partial charge in [-0.3, -0.25) is 4.40 Å². The van der Waals surface area contributed by atoms with Gasteiger partial charge in [-0.05, 0) is 31.2 Å². The van der Waals surface area contributed by atoms with Crippen molar-refractivity contribution in [3.8, 4) is 17.0 Å². The van der Waals surface area contributed by atoms with Gasteiger partial charge in [0, 0.05) is 28.6 Å². The number of hydrogen-bond donors (Lipinski definition) is 1. The van der Waals surface area contributed by atoms with Gasteiger partial charge in [0.05, 0.1) is 18.0 Å². The Bertz CT molecular complexity index is 809. The zero-order valence-electron chi connectivity index (χ0n) is 14.1. The molecule has 0 unspecified atom stereocenters. The van der Waals surface area contributed by atoms with Gasteiger partial charge in [-0.25, -0.2) is 4.98 Å². The number of thiazole rings is 1. The molecule has 2 heterocycles. The van der Waals surface area contributed by atoms with Crippen LogP contribution in [0.2, 0.25) is 0 Å². The number of imidazole rings is 1. The van der Waals surface area contributed by atoms with Crippen LogP contribution in [-0.2, 0) is 12.0 Å². The van der Waals surface area contributed by atoms with Crippen LogP contribution in [-0.4, -0.2) is 16.0 Å². The van der Waals surface area contributed by atoms with Gasteiger partial charge in [-0.1, -0.05) is 20.8 Å². The molecule has 2 aromatic heterocycles. The molecule has 0 aliphatic heterocycles. The minimum atomic E-state index is 0.0545. The zero-order valence-corrected chi connectivity index (χ0v) is 14.9. The Kier molecular flexibility index (Phi) is 4.17. The van der Waals surface area contributed by atoms with E-state index in [2.05, 4.69) is 30.6 Å². The minimum absolute atomic E-state index is 0.0545. The van der Waals surface area contributed by atoms with Crippen LogP contribution < -0.4 is 10.5 Å². The Balaban J connectivity index is 2.13. The summed E-state index contributed by atoms with van der Waals surface area (Å²) in [6, 6.07) is 8.06. The number of fused-ring (bicyclic) bond motifs is 1. The Morgan fingerprint density at radius 3 is 2.48 bits per heavy atom. The van der Waals surface area contributed by atoms with E-state index in [4.69, 9.17) is 15.5 Å². The van der Waals surface area contributed by atoms with Crippen LogP contribution in [0.25, 0.3) is 16.2 Å². The lowest BCUT2D eigenvalue weighted by Crippen LogP contribution is -2.16. The summed E-state index contributed by atoms with van der Waals surface area (Å²) in [4.78, 5) is 5.82. The van der Waals surface area contributed by atoms with Crippen molar-refractivity contribution in [2.45, 2.75) is 39.7 Å². The van der Waals surface area contributed by atoms with Gasteiger partial charge in [0.25, 0.3) is 0 Å². The minimum Gasteiger partial charge on any atom is -0.494 e. The molecule has 1 aromatic carbocycles. The van der Waals surface area contributed by atoms with Crippen molar-refractivity contribution in [1.82, 2.24) is 9.38 Å². The molecule has 0 amide bonds. The number of benzene rings is 1. The van der Waals surface area contributed by atoms with Gasteiger partial charge in [0.2, 0.25) is 0 Å². The normalized spacial score (nSPS) is 12.0. The summed E-state index contributed by atoms with van der Waals surface area (Å²) >= 11 is 1.67. The highest BCUT2D eigenvalue weighted by Crippen LogP contribution is 2.33. The van der Waals surface area contributed by atoms with Crippen molar-refractivity contribution < 1.29 is 4.74 Å². The van der Waals surface area contributed by atoms with Crippen LogP contribution in [0, 0.1) is 0 Å². The third-order valence-electron chi connectivity index (χ3n) is 3.86. The van der Waals surface area contributed by atoms with Crippen LogP contribution in [0.5, 0.6) is 5.75 Å². The molecule has 5 heteroatoms. The smallest absolute Gasteiger partial charge is 0.194 e. The van der Waals surface area contributed by atoms with Crippen molar-refractivity contribution >= 4 is 16.3 Å². The lowest BCUT2D eigenvalue weighted by atomic mass is 9.93. The monoisotopic (exact) mass is 329 g/mol. The molecule has 0 saturated carbocycles. The van der Waals surface area contributed by atoms with Crippen LogP contribution in [0.4, 0.5) is 0 Å². The lowest BCUT2D eigenvalue weighted by Gasteiger charge is -2.18. The molecule has 0 fully saturated rings. The van der Waals surface area contributed by atoms with Crippen molar-refractivity contribution in [3.63, 3.8) is 0 Å². The van der Waals surface area contributed by atoms with E-state index < -0.39 is 0 Å². The van der Waals surface area contributed by atoms with Gasteiger partial charge >= 0.3 is 0 Å². The third-order valence-corrected chi connectivity index (χ3v) is 4.69. The largest absolute Gasteiger partial charge is 0.494 e. The van der Waals surface area contributed by atoms with Crippen LogP contribution in [0.15, 0.2) is 29.6 Å². The Labute approximate surface area is 140 Å². The van der Waals surface area contributed by atoms with Gasteiger partial charge in [-0.15, -0.1) is 11.3 Å². The predicted octanol–water partition coefficient (Wildman–Crippen LogP) is 4.22. The van der Waals surface area contributed by atoms with E-state index in [1.165, 1.54) is 5.69 Å². The lowest BCUT2D eigenvalue weighted by molar-refractivity contribution is 0.340. The summed E-state index contributed by atoms with van der Waals surface area (Å²) in [7, 11) is 0. The summed E-state index contributed by atoms with van der Waals surface area (Å²) in [5.41, 5.74) is 10.5. The second kappa shape index (κ2) is 5.98. The van der Waals surface area contributed by atoms with E-state index in [0.717, 1.165) is 27.7 Å². The number of nitrogens with zero attached hydrogens (tertiary/aromatic N) is 2. The fraction of sp³-hybridized carbons (Fsp3) is 0.389. The SMILES string of the molecule is CCOc1ccc(-c2nc3scc(C(C)(C)C)n3c2CN)cc1. The molecule has 4 nitrogen and oxygen atoms in total. The molecule has 3 aromatic rings. The fourth-order valence-corrected chi connectivity index (χ4v) is 3.86. The average molecular weight is 329 g/mol. The molecule has 122 valence electrons. The van der Waals surface area contributed by atoms with Crippen LogP contribution in [0.3, 0.4) is 0 Å². The van der Waals surface area contributed by atoms with E-state index in [0.29, 0.717) is 13.2 Å². The van der Waals surface area contributed by atoms with Crippen LogP contribution in [0.1, 0.15) is 39.1 Å². The van der Waals surface area contributed by atoms with Gasteiger partial charge in [0.1, 0.15) is 5.75 Å². The molecule has 3 rings (SSSR count). The quantitative estimate of drug-likeness (QED) is 0.780. The molecule has 23 heavy (non-hydrogen) atoms. The van der Waals surface area contributed by atoms with Crippen molar-refractivity contribution in [2.75, 3.05) is 6.61 Å². The Morgan fingerprint density at radius 1 is 1.22 bits per heavy atom. The highest BCUT2D eigenvalue weighted by atomic mass is 32.1. The van der Waals surface area contributed by atoms with E-state index in [1.807, 2.05) is 31.2 Å². The van der Waals surface area contributed by atoms with Gasteiger partial charge in [-0.2, -0.15) is 0 Å². The predicted molar refractivity (Wildman–Crippen MR) is 96.3 cm³/mol. The zero-order chi connectivity index (χ0) is 16.6. The molecule has 0 spiro atoms. The van der Waals surface area contributed by atoms with Crippen molar-refractivity contribution in [3.05, 3.63) is 41.0 Å². The molecular weight excluding hydrogens is 306 g/mol. The summed E-state index contributed by atoms with van der Waals surface area (Å²) in [5, 5.41) is 2.18. The maximum Gasteiger partial charge on any atom is 0.194 e. The number of rotatable bonds is 4. The summed E-state index contributed by atoms with van der Waals surface area (Å²) in [6.07, 6.45) is 0. The first-order valence-corrected chi connectivity index (χ1v) is 8.76. The standard InChI is InChI=1S/C18H23N3OS/c1-5-22-13-8-6-12(7-9-13)16-14(10-19)21-15(18(2,3)4)11-23-17(21)20-16/h6-9,11H,5,10,19H2,1-4H3. The third kappa shape index (κ3) is 2.86. The first kappa shape index (κ1) is 16.0. The molecule has 0 aliphatic carbocycles. The first-order valence-electron chi connectivity index (χ1n) is 7.88. The fourth-order valence-electron chi connectivity index (χ4n) is 2.73. The number of aromatic nitrogens is 2. The molecule has 0 radical (unpaired) electrons. The van der Waals surface area contributed by atoms with Crippen LogP contribution >= 0.6 is 11.3 Å². The highest BCUT2D eigenvalue weighted by molar-refractivity contribution is 7.15. The second-order valence-corrected chi connectivity index (χ2v) is 7.39. The number of nitrogens with two attached hydrogens (primary N) is 1. The van der Waals surface area contributed by atoms with Gasteiger partial charge < -0.3 is 10.5 Å². The van der Waals surface area contributed by atoms with E-state index in [9.17, 15) is 0 Å². The number of hydrogen-bond acceptors (Lipinski definition) is 4. The second-order valence-electron chi connectivity index (χ2n) is 6.56. The topological polar surface area (TPSA) is 52.5 Å². The van der Waals surface area contributed by atoms with Gasteiger partial charge in [0.15, 0.2) is 4.96 Å². The summed E-state index contributed by atoms with van der Waals surface area (Å²) in [5.74, 6) is 0.877. The highest BCUT2D eigenvalue weighted by Gasteiger charge is 2.23. The molecule has 0 bridgehead atoms. The molecule has 0 atom stereocenters. The van der Waals surface area contributed by atoms with Crippen molar-refractivity contribution in [1.29, 1.82) is 0 Å². The van der Waals surface area contributed by atoms with E-state index in [1.54, 1.807) is 11.3 Å². The average Bonchev–Trinajstić information content (AvgIpc) is 3.06. The molecular formula is C18H23N3OS. The maximum atomic E-state index is 6.07. The first-order chi connectivity index (χ1) is 11.0. The summed E-state index contributed by atoms with van der Waals surface area (Å²) < 4.78 is 7.73. The number of ether oxygens (including phenoxy) is 1. The van der Waals surface area contributed by atoms with Crippen molar-refractivity contribution in [2.24, 2.45) is 5.73 Å². The summed E-state index contributed by atoms with van der Waals surface area (Å²) in [6.45, 7) is 9.76. The Morgan fingerprint density at radius 2 is 1.91 bits per heavy atom. The van der Waals surface area contributed by atoms with E-state index in [-0.39, 0.29) is 5.41 Å². The molecule has 0 saturated heterocycles. The molecule has 0 aliphatic rings. The Hall–Kier alpha value is -1.85.